The fourth-order valence-corrected chi connectivity index (χ4v) is 2.52. The van der Waals surface area contributed by atoms with Gasteiger partial charge in [0.1, 0.15) is 0 Å². The molecule has 2 aromatic rings. The van der Waals surface area contributed by atoms with Crippen LogP contribution < -0.4 is 4.90 Å². The zero-order valence-electron chi connectivity index (χ0n) is 10.9. The molecule has 1 aliphatic rings. The molecule has 1 saturated heterocycles. The van der Waals surface area contributed by atoms with E-state index in [1.807, 2.05) is 35.2 Å². The van der Waals surface area contributed by atoms with Gasteiger partial charge < -0.3 is 14.4 Å². The number of piperidine rings is 1. The van der Waals surface area contributed by atoms with E-state index in [-0.39, 0.29) is 0 Å². The third-order valence-corrected chi connectivity index (χ3v) is 3.69. The van der Waals surface area contributed by atoms with Crippen LogP contribution in [-0.4, -0.2) is 28.4 Å². The number of rotatable bonds is 2. The maximum atomic E-state index is 10.7. The molecule has 0 unspecified atom stereocenters. The molecule has 0 bridgehead atoms. The monoisotopic (exact) mass is 259 g/mol. The van der Waals surface area contributed by atoms with Crippen molar-refractivity contribution in [1.29, 1.82) is 0 Å². The van der Waals surface area contributed by atoms with E-state index in [0.29, 0.717) is 37.8 Å². The largest absolute Gasteiger partial charge is 0.408 e. The highest BCUT2D eigenvalue weighted by Gasteiger charge is 2.35. The Labute approximate surface area is 111 Å². The van der Waals surface area contributed by atoms with Crippen LogP contribution in [0.4, 0.5) is 6.01 Å². The number of aryl methyl sites for hydroxylation is 1. The molecule has 0 atom stereocenters. The van der Waals surface area contributed by atoms with E-state index >= 15 is 0 Å². The molecule has 1 aliphatic heterocycles. The second-order valence-electron chi connectivity index (χ2n) is 4.99. The first-order valence-electron chi connectivity index (χ1n) is 6.50. The standard InChI is InChI=1S/C14H17N3O2/c1-11-15-16-13(19-11)17-9-7-14(18,8-10-17)12-5-3-2-4-6-12/h2-6,18H,7-10H2,1H3. The summed E-state index contributed by atoms with van der Waals surface area (Å²) in [5.74, 6) is 0.568. The molecule has 1 fully saturated rings. The Bertz CT molecular complexity index is 545. The summed E-state index contributed by atoms with van der Waals surface area (Å²) in [6.45, 7) is 3.21. The van der Waals surface area contributed by atoms with Crippen LogP contribution in [0.1, 0.15) is 24.3 Å². The Morgan fingerprint density at radius 3 is 2.42 bits per heavy atom. The van der Waals surface area contributed by atoms with E-state index in [4.69, 9.17) is 4.42 Å². The Kier molecular flexibility index (Phi) is 2.98. The Hall–Kier alpha value is -1.88. The van der Waals surface area contributed by atoms with Crippen LogP contribution in [0.25, 0.3) is 0 Å². The van der Waals surface area contributed by atoms with Gasteiger partial charge in [-0.25, -0.2) is 0 Å². The summed E-state index contributed by atoms with van der Waals surface area (Å²) in [5.41, 5.74) is 0.240. The van der Waals surface area contributed by atoms with E-state index in [2.05, 4.69) is 10.2 Å². The van der Waals surface area contributed by atoms with E-state index in [9.17, 15) is 5.11 Å². The fourth-order valence-electron chi connectivity index (χ4n) is 2.52. The SMILES string of the molecule is Cc1nnc(N2CCC(O)(c3ccccc3)CC2)o1. The minimum absolute atomic E-state index is 0.549. The minimum Gasteiger partial charge on any atom is -0.408 e. The number of anilines is 1. The molecule has 2 heterocycles. The molecule has 1 N–H and O–H groups in total. The summed E-state index contributed by atoms with van der Waals surface area (Å²) in [7, 11) is 0. The van der Waals surface area contributed by atoms with Gasteiger partial charge in [-0.3, -0.25) is 0 Å². The highest BCUT2D eigenvalue weighted by molar-refractivity contribution is 5.29. The lowest BCUT2D eigenvalue weighted by atomic mass is 9.84. The molecule has 100 valence electrons. The molecular formula is C14H17N3O2. The molecule has 19 heavy (non-hydrogen) atoms. The van der Waals surface area contributed by atoms with Gasteiger partial charge >= 0.3 is 6.01 Å². The van der Waals surface area contributed by atoms with Gasteiger partial charge in [-0.05, 0) is 18.4 Å². The first-order valence-corrected chi connectivity index (χ1v) is 6.50. The van der Waals surface area contributed by atoms with Crippen molar-refractivity contribution in [2.75, 3.05) is 18.0 Å². The molecule has 0 radical (unpaired) electrons. The van der Waals surface area contributed by atoms with E-state index in [1.165, 1.54) is 0 Å². The van der Waals surface area contributed by atoms with Gasteiger partial charge in [-0.2, -0.15) is 0 Å². The predicted molar refractivity (Wildman–Crippen MR) is 70.8 cm³/mol. The van der Waals surface area contributed by atoms with Gasteiger partial charge in [0.2, 0.25) is 5.89 Å². The van der Waals surface area contributed by atoms with Crippen LogP contribution >= 0.6 is 0 Å². The minimum atomic E-state index is -0.743. The van der Waals surface area contributed by atoms with Crippen molar-refractivity contribution in [2.45, 2.75) is 25.4 Å². The summed E-state index contributed by atoms with van der Waals surface area (Å²) in [5, 5.41) is 18.6. The number of hydrogen-bond donors (Lipinski definition) is 1. The Morgan fingerprint density at radius 1 is 1.16 bits per heavy atom. The third kappa shape index (κ3) is 2.33. The van der Waals surface area contributed by atoms with Crippen LogP contribution in [-0.2, 0) is 5.60 Å². The molecule has 5 nitrogen and oxygen atoms in total. The average molecular weight is 259 g/mol. The predicted octanol–water partition coefficient (Wildman–Crippen LogP) is 1.87. The lowest BCUT2D eigenvalue weighted by Crippen LogP contribution is -2.42. The third-order valence-electron chi connectivity index (χ3n) is 3.69. The van der Waals surface area contributed by atoms with Gasteiger partial charge in [-0.15, -0.1) is 5.10 Å². The summed E-state index contributed by atoms with van der Waals surface area (Å²) >= 11 is 0. The van der Waals surface area contributed by atoms with E-state index < -0.39 is 5.60 Å². The molecular weight excluding hydrogens is 242 g/mol. The van der Waals surface area contributed by atoms with Gasteiger partial charge in [-0.1, -0.05) is 35.4 Å². The highest BCUT2D eigenvalue weighted by atomic mass is 16.4. The first-order chi connectivity index (χ1) is 9.17. The van der Waals surface area contributed by atoms with Gasteiger partial charge in [0.25, 0.3) is 0 Å². The van der Waals surface area contributed by atoms with Crippen molar-refractivity contribution in [2.24, 2.45) is 0 Å². The maximum absolute atomic E-state index is 10.7. The zero-order valence-corrected chi connectivity index (χ0v) is 10.9. The van der Waals surface area contributed by atoms with Gasteiger partial charge in [0.05, 0.1) is 5.60 Å². The van der Waals surface area contributed by atoms with Crippen molar-refractivity contribution in [3.8, 4) is 0 Å². The summed E-state index contributed by atoms with van der Waals surface area (Å²) in [6, 6.07) is 10.4. The molecule has 1 aromatic heterocycles. The van der Waals surface area contributed by atoms with Crippen LogP contribution in [0, 0.1) is 6.92 Å². The number of aromatic nitrogens is 2. The first kappa shape index (κ1) is 12.2. The number of hydrogen-bond acceptors (Lipinski definition) is 5. The average Bonchev–Trinajstić information content (AvgIpc) is 2.87. The molecule has 0 amide bonds. The second-order valence-corrected chi connectivity index (χ2v) is 4.99. The van der Waals surface area contributed by atoms with Crippen molar-refractivity contribution >= 4 is 6.01 Å². The van der Waals surface area contributed by atoms with Crippen molar-refractivity contribution in [3.05, 3.63) is 41.8 Å². The van der Waals surface area contributed by atoms with Crippen LogP contribution in [0.5, 0.6) is 0 Å². The molecule has 0 spiro atoms. The summed E-state index contributed by atoms with van der Waals surface area (Å²) < 4.78 is 5.42. The van der Waals surface area contributed by atoms with Crippen molar-refractivity contribution in [3.63, 3.8) is 0 Å². The van der Waals surface area contributed by atoms with Gasteiger partial charge in [0, 0.05) is 20.0 Å². The van der Waals surface area contributed by atoms with Gasteiger partial charge in [0.15, 0.2) is 0 Å². The number of aliphatic hydroxyl groups is 1. The quantitative estimate of drug-likeness (QED) is 0.892. The second kappa shape index (κ2) is 4.66. The lowest BCUT2D eigenvalue weighted by molar-refractivity contribution is 0.0110. The normalized spacial score (nSPS) is 18.5. The van der Waals surface area contributed by atoms with E-state index in [1.54, 1.807) is 6.92 Å². The van der Waals surface area contributed by atoms with E-state index in [0.717, 1.165) is 5.56 Å². The smallest absolute Gasteiger partial charge is 0.318 e. The zero-order chi connectivity index (χ0) is 13.3. The summed E-state index contributed by atoms with van der Waals surface area (Å²) in [6.07, 6.45) is 1.33. The topological polar surface area (TPSA) is 62.4 Å². The van der Waals surface area contributed by atoms with Crippen LogP contribution in [0.2, 0.25) is 0 Å². The summed E-state index contributed by atoms with van der Waals surface area (Å²) in [4.78, 5) is 2.03. The van der Waals surface area contributed by atoms with Crippen molar-refractivity contribution < 1.29 is 9.52 Å². The number of benzene rings is 1. The van der Waals surface area contributed by atoms with Crippen molar-refractivity contribution in [1.82, 2.24) is 10.2 Å². The van der Waals surface area contributed by atoms with Crippen LogP contribution in [0.15, 0.2) is 34.7 Å². The highest BCUT2D eigenvalue weighted by Crippen LogP contribution is 2.33. The molecule has 0 saturated carbocycles. The van der Waals surface area contributed by atoms with Crippen LogP contribution in [0.3, 0.4) is 0 Å². The Morgan fingerprint density at radius 2 is 1.84 bits per heavy atom. The molecule has 5 heteroatoms. The molecule has 0 aliphatic carbocycles. The fraction of sp³-hybridized carbons (Fsp3) is 0.429. The number of nitrogens with zero attached hydrogens (tertiary/aromatic N) is 3. The molecule has 1 aromatic carbocycles. The lowest BCUT2D eigenvalue weighted by Gasteiger charge is -2.37. The Balaban J connectivity index is 1.72. The molecule has 3 rings (SSSR count). The maximum Gasteiger partial charge on any atom is 0.318 e.